The summed E-state index contributed by atoms with van der Waals surface area (Å²) in [4.78, 5) is 7.78. The Labute approximate surface area is 99.9 Å². The summed E-state index contributed by atoms with van der Waals surface area (Å²) >= 11 is 0. The SMILES string of the molecule is COc1ccc(C(O)c2cncnc2)cc1C. The number of aryl methyl sites for hydroxylation is 1. The fraction of sp³-hybridized carbons (Fsp3) is 0.231. The quantitative estimate of drug-likeness (QED) is 0.874. The van der Waals surface area contributed by atoms with Gasteiger partial charge >= 0.3 is 0 Å². The van der Waals surface area contributed by atoms with Crippen LogP contribution in [0.3, 0.4) is 0 Å². The normalized spacial score (nSPS) is 12.2. The van der Waals surface area contributed by atoms with Crippen molar-refractivity contribution < 1.29 is 9.84 Å². The number of aliphatic hydroxyl groups is 1. The van der Waals surface area contributed by atoms with Crippen LogP contribution in [0.5, 0.6) is 5.75 Å². The second-order valence-electron chi connectivity index (χ2n) is 3.80. The topological polar surface area (TPSA) is 55.2 Å². The van der Waals surface area contributed by atoms with E-state index in [9.17, 15) is 5.11 Å². The molecule has 0 saturated carbocycles. The molecule has 0 saturated heterocycles. The van der Waals surface area contributed by atoms with Gasteiger partial charge in [0.2, 0.25) is 0 Å². The molecule has 1 aromatic heterocycles. The van der Waals surface area contributed by atoms with E-state index in [4.69, 9.17) is 4.74 Å². The lowest BCUT2D eigenvalue weighted by Gasteiger charge is -2.12. The molecule has 0 spiro atoms. The number of hydrogen-bond acceptors (Lipinski definition) is 4. The summed E-state index contributed by atoms with van der Waals surface area (Å²) in [6, 6.07) is 5.58. The molecular weight excluding hydrogens is 216 g/mol. The second kappa shape index (κ2) is 4.93. The fourth-order valence-electron chi connectivity index (χ4n) is 1.72. The Bertz CT molecular complexity index is 500. The molecule has 0 aliphatic heterocycles. The Balaban J connectivity index is 2.32. The molecule has 1 aromatic carbocycles. The van der Waals surface area contributed by atoms with E-state index in [1.807, 2.05) is 25.1 Å². The highest BCUT2D eigenvalue weighted by molar-refractivity contribution is 5.39. The van der Waals surface area contributed by atoms with Gasteiger partial charge in [0.1, 0.15) is 18.2 Å². The molecule has 0 bridgehead atoms. The van der Waals surface area contributed by atoms with Crippen LogP contribution in [0.25, 0.3) is 0 Å². The van der Waals surface area contributed by atoms with Gasteiger partial charge in [0, 0.05) is 18.0 Å². The summed E-state index contributed by atoms with van der Waals surface area (Å²) in [6.45, 7) is 1.94. The van der Waals surface area contributed by atoms with Crippen LogP contribution in [0.2, 0.25) is 0 Å². The number of nitrogens with zero attached hydrogens (tertiary/aromatic N) is 2. The van der Waals surface area contributed by atoms with E-state index >= 15 is 0 Å². The highest BCUT2D eigenvalue weighted by atomic mass is 16.5. The Morgan fingerprint density at radius 1 is 1.18 bits per heavy atom. The van der Waals surface area contributed by atoms with Crippen LogP contribution in [0.15, 0.2) is 36.9 Å². The van der Waals surface area contributed by atoms with Crippen molar-refractivity contribution in [2.45, 2.75) is 13.0 Å². The van der Waals surface area contributed by atoms with Gasteiger partial charge in [-0.1, -0.05) is 6.07 Å². The van der Waals surface area contributed by atoms with Gasteiger partial charge in [0.25, 0.3) is 0 Å². The van der Waals surface area contributed by atoms with E-state index in [1.54, 1.807) is 19.5 Å². The molecule has 2 rings (SSSR count). The first kappa shape index (κ1) is 11.5. The Kier molecular flexibility index (Phi) is 3.35. The van der Waals surface area contributed by atoms with Crippen molar-refractivity contribution in [3.8, 4) is 5.75 Å². The molecule has 2 aromatic rings. The molecule has 4 heteroatoms. The second-order valence-corrected chi connectivity index (χ2v) is 3.80. The molecule has 1 N–H and O–H groups in total. The van der Waals surface area contributed by atoms with Gasteiger partial charge in [-0.3, -0.25) is 0 Å². The van der Waals surface area contributed by atoms with Gasteiger partial charge < -0.3 is 9.84 Å². The summed E-state index contributed by atoms with van der Waals surface area (Å²) in [7, 11) is 1.63. The number of aromatic nitrogens is 2. The monoisotopic (exact) mass is 230 g/mol. The van der Waals surface area contributed by atoms with Crippen molar-refractivity contribution in [3.63, 3.8) is 0 Å². The van der Waals surface area contributed by atoms with E-state index in [1.165, 1.54) is 6.33 Å². The molecule has 1 heterocycles. The maximum atomic E-state index is 10.2. The number of aliphatic hydroxyl groups excluding tert-OH is 1. The standard InChI is InChI=1S/C13H14N2O2/c1-9-5-10(3-4-12(9)17-2)13(16)11-6-14-8-15-7-11/h3-8,13,16H,1-2H3. The van der Waals surface area contributed by atoms with Crippen LogP contribution < -0.4 is 4.74 Å². The number of benzene rings is 1. The van der Waals surface area contributed by atoms with Gasteiger partial charge in [-0.05, 0) is 30.2 Å². The molecule has 88 valence electrons. The van der Waals surface area contributed by atoms with Gasteiger partial charge in [0.15, 0.2) is 0 Å². The lowest BCUT2D eigenvalue weighted by atomic mass is 10.0. The molecule has 0 aliphatic rings. The minimum Gasteiger partial charge on any atom is -0.496 e. The molecule has 1 unspecified atom stereocenters. The van der Waals surface area contributed by atoms with Crippen LogP contribution >= 0.6 is 0 Å². The predicted molar refractivity (Wildman–Crippen MR) is 63.8 cm³/mol. The third kappa shape index (κ3) is 2.42. The Morgan fingerprint density at radius 3 is 2.47 bits per heavy atom. The minimum atomic E-state index is -0.708. The summed E-state index contributed by atoms with van der Waals surface area (Å²) in [5.41, 5.74) is 2.47. The first-order valence-electron chi connectivity index (χ1n) is 5.30. The van der Waals surface area contributed by atoms with Crippen molar-refractivity contribution in [2.75, 3.05) is 7.11 Å². The highest BCUT2D eigenvalue weighted by Crippen LogP contribution is 2.25. The van der Waals surface area contributed by atoms with Crippen LogP contribution in [-0.2, 0) is 0 Å². The average Bonchev–Trinajstić information content (AvgIpc) is 2.39. The maximum Gasteiger partial charge on any atom is 0.121 e. The van der Waals surface area contributed by atoms with Gasteiger partial charge in [0.05, 0.1) is 7.11 Å². The lowest BCUT2D eigenvalue weighted by Crippen LogP contribution is -2.01. The molecular formula is C13H14N2O2. The van der Waals surface area contributed by atoms with Crippen LogP contribution in [0, 0.1) is 6.92 Å². The van der Waals surface area contributed by atoms with Gasteiger partial charge in [-0.2, -0.15) is 0 Å². The molecule has 0 fully saturated rings. The van der Waals surface area contributed by atoms with Gasteiger partial charge in [-0.25, -0.2) is 9.97 Å². The zero-order valence-electron chi connectivity index (χ0n) is 9.79. The Hall–Kier alpha value is -1.94. The number of ether oxygens (including phenoxy) is 1. The smallest absolute Gasteiger partial charge is 0.121 e. The third-order valence-corrected chi connectivity index (χ3v) is 2.63. The fourth-order valence-corrected chi connectivity index (χ4v) is 1.72. The summed E-state index contributed by atoms with van der Waals surface area (Å²) in [5.74, 6) is 0.810. The Morgan fingerprint density at radius 2 is 1.88 bits per heavy atom. The van der Waals surface area contributed by atoms with Crippen molar-refractivity contribution >= 4 is 0 Å². The summed E-state index contributed by atoms with van der Waals surface area (Å²) < 4.78 is 5.18. The van der Waals surface area contributed by atoms with E-state index in [2.05, 4.69) is 9.97 Å². The van der Waals surface area contributed by atoms with Crippen LogP contribution in [0.4, 0.5) is 0 Å². The molecule has 1 atom stereocenters. The average molecular weight is 230 g/mol. The maximum absolute atomic E-state index is 10.2. The van der Waals surface area contributed by atoms with Crippen molar-refractivity contribution in [1.29, 1.82) is 0 Å². The van der Waals surface area contributed by atoms with Gasteiger partial charge in [-0.15, -0.1) is 0 Å². The first-order chi connectivity index (χ1) is 8.22. The molecule has 0 amide bonds. The molecule has 4 nitrogen and oxygen atoms in total. The summed E-state index contributed by atoms with van der Waals surface area (Å²) in [5, 5.41) is 10.2. The third-order valence-electron chi connectivity index (χ3n) is 2.63. The van der Waals surface area contributed by atoms with Crippen molar-refractivity contribution in [3.05, 3.63) is 53.6 Å². The molecule has 0 radical (unpaired) electrons. The number of methoxy groups -OCH3 is 1. The van der Waals surface area contributed by atoms with Crippen molar-refractivity contribution in [2.24, 2.45) is 0 Å². The number of rotatable bonds is 3. The van der Waals surface area contributed by atoms with E-state index in [-0.39, 0.29) is 0 Å². The zero-order valence-corrected chi connectivity index (χ0v) is 9.79. The summed E-state index contributed by atoms with van der Waals surface area (Å²) in [6.07, 6.45) is 3.95. The highest BCUT2D eigenvalue weighted by Gasteiger charge is 2.12. The zero-order chi connectivity index (χ0) is 12.3. The van der Waals surface area contributed by atoms with Crippen LogP contribution in [-0.4, -0.2) is 22.2 Å². The van der Waals surface area contributed by atoms with Crippen LogP contribution in [0.1, 0.15) is 22.8 Å². The van der Waals surface area contributed by atoms with E-state index in [0.29, 0.717) is 5.56 Å². The first-order valence-corrected chi connectivity index (χ1v) is 5.30. The minimum absolute atomic E-state index is 0.678. The number of hydrogen-bond donors (Lipinski definition) is 1. The largest absolute Gasteiger partial charge is 0.496 e. The predicted octanol–water partition coefficient (Wildman–Crippen LogP) is 1.88. The lowest BCUT2D eigenvalue weighted by molar-refractivity contribution is 0.219. The van der Waals surface area contributed by atoms with Crippen molar-refractivity contribution in [1.82, 2.24) is 9.97 Å². The van der Waals surface area contributed by atoms with E-state index in [0.717, 1.165) is 16.9 Å². The molecule has 17 heavy (non-hydrogen) atoms. The molecule has 0 aliphatic carbocycles. The van der Waals surface area contributed by atoms with E-state index < -0.39 is 6.10 Å².